The zero-order chi connectivity index (χ0) is 13.3. The summed E-state index contributed by atoms with van der Waals surface area (Å²) in [5.41, 5.74) is -0.208. The molecule has 3 saturated carbocycles. The van der Waals surface area contributed by atoms with Gasteiger partial charge in [-0.05, 0) is 38.0 Å². The summed E-state index contributed by atoms with van der Waals surface area (Å²) in [4.78, 5) is 12.9. The number of carbonyl (C=O) groups excluding carboxylic acids is 1. The second-order valence-electron chi connectivity index (χ2n) is 7.76. The standard InChI is InChI=1S/C16H25NO2/c1-14-10-19-16(9-11(14)7-8-15(14,16)2)13(18)17-12-5-3-4-6-12/h11-12H,3-10H2,1-2H3,(H,17,18). The highest BCUT2D eigenvalue weighted by Gasteiger charge is 2.78. The van der Waals surface area contributed by atoms with E-state index in [4.69, 9.17) is 4.74 Å². The van der Waals surface area contributed by atoms with Crippen LogP contribution in [-0.4, -0.2) is 24.2 Å². The minimum absolute atomic E-state index is 0.0629. The van der Waals surface area contributed by atoms with Crippen LogP contribution < -0.4 is 5.32 Å². The molecule has 4 aliphatic rings. The predicted octanol–water partition coefficient (Wildman–Crippen LogP) is 2.64. The number of carbonyl (C=O) groups is 1. The van der Waals surface area contributed by atoms with E-state index >= 15 is 0 Å². The topological polar surface area (TPSA) is 38.3 Å². The molecular formula is C16H25NO2. The first-order chi connectivity index (χ1) is 9.02. The largest absolute Gasteiger partial charge is 0.364 e. The molecule has 4 fully saturated rings. The normalized spacial score (nSPS) is 52.0. The lowest BCUT2D eigenvalue weighted by atomic mass is 9.66. The Hall–Kier alpha value is -0.570. The van der Waals surface area contributed by atoms with Crippen molar-refractivity contribution >= 4 is 5.91 Å². The molecule has 0 aromatic carbocycles. The van der Waals surface area contributed by atoms with Gasteiger partial charge in [0.05, 0.1) is 6.61 Å². The quantitative estimate of drug-likeness (QED) is 0.831. The van der Waals surface area contributed by atoms with Crippen molar-refractivity contribution in [3.63, 3.8) is 0 Å². The Morgan fingerprint density at radius 1 is 1.21 bits per heavy atom. The second-order valence-corrected chi connectivity index (χ2v) is 7.76. The summed E-state index contributed by atoms with van der Waals surface area (Å²) in [6, 6.07) is 0.403. The first-order valence-electron chi connectivity index (χ1n) is 7.97. The van der Waals surface area contributed by atoms with Crippen LogP contribution in [0.3, 0.4) is 0 Å². The van der Waals surface area contributed by atoms with Crippen LogP contribution in [0, 0.1) is 16.7 Å². The average Bonchev–Trinajstić information content (AvgIpc) is 3.06. The van der Waals surface area contributed by atoms with Crippen LogP contribution in [0.15, 0.2) is 0 Å². The van der Waals surface area contributed by atoms with Gasteiger partial charge in [-0.1, -0.05) is 26.7 Å². The molecule has 4 atom stereocenters. The molecule has 1 saturated heterocycles. The maximum absolute atomic E-state index is 12.9. The molecule has 106 valence electrons. The summed E-state index contributed by atoms with van der Waals surface area (Å²) in [5, 5.41) is 3.30. The van der Waals surface area contributed by atoms with Crippen molar-refractivity contribution in [2.75, 3.05) is 6.61 Å². The Balaban J connectivity index is 1.62. The Labute approximate surface area is 115 Å². The SMILES string of the molecule is CC12COC3(C(=O)NC4CCCC4)CC1CCC32C. The van der Waals surface area contributed by atoms with Crippen LogP contribution in [-0.2, 0) is 9.53 Å². The summed E-state index contributed by atoms with van der Waals surface area (Å²) in [7, 11) is 0. The average molecular weight is 263 g/mol. The first kappa shape index (κ1) is 12.2. The van der Waals surface area contributed by atoms with Gasteiger partial charge < -0.3 is 10.1 Å². The molecule has 3 nitrogen and oxygen atoms in total. The Morgan fingerprint density at radius 3 is 2.58 bits per heavy atom. The van der Waals surface area contributed by atoms with Gasteiger partial charge in [0.25, 0.3) is 5.91 Å². The van der Waals surface area contributed by atoms with Crippen molar-refractivity contribution in [2.24, 2.45) is 16.7 Å². The molecule has 4 bridgehead atoms. The minimum atomic E-state index is -0.507. The fourth-order valence-corrected chi connectivity index (χ4v) is 5.63. The van der Waals surface area contributed by atoms with Gasteiger partial charge in [0.15, 0.2) is 5.60 Å². The van der Waals surface area contributed by atoms with Crippen LogP contribution in [0.25, 0.3) is 0 Å². The van der Waals surface area contributed by atoms with E-state index in [2.05, 4.69) is 19.2 Å². The van der Waals surface area contributed by atoms with Crippen molar-refractivity contribution in [1.29, 1.82) is 0 Å². The van der Waals surface area contributed by atoms with Gasteiger partial charge in [-0.15, -0.1) is 0 Å². The van der Waals surface area contributed by atoms with Crippen LogP contribution in [0.2, 0.25) is 0 Å². The smallest absolute Gasteiger partial charge is 0.253 e. The minimum Gasteiger partial charge on any atom is -0.364 e. The molecule has 0 aromatic rings. The molecule has 1 amide bonds. The maximum atomic E-state index is 12.9. The molecule has 3 aliphatic carbocycles. The Kier molecular flexibility index (Phi) is 2.27. The summed E-state index contributed by atoms with van der Waals surface area (Å²) >= 11 is 0. The van der Waals surface area contributed by atoms with Crippen LogP contribution in [0.1, 0.15) is 58.8 Å². The first-order valence-corrected chi connectivity index (χ1v) is 7.97. The van der Waals surface area contributed by atoms with E-state index in [0.717, 1.165) is 32.3 Å². The Bertz CT molecular complexity index is 430. The van der Waals surface area contributed by atoms with Crippen molar-refractivity contribution in [3.8, 4) is 0 Å². The molecular weight excluding hydrogens is 238 g/mol. The molecule has 19 heavy (non-hydrogen) atoms. The number of ether oxygens (including phenoxy) is 1. The van der Waals surface area contributed by atoms with E-state index in [1.54, 1.807) is 0 Å². The van der Waals surface area contributed by atoms with Gasteiger partial charge in [0, 0.05) is 16.9 Å². The van der Waals surface area contributed by atoms with Gasteiger partial charge in [0.1, 0.15) is 0 Å². The van der Waals surface area contributed by atoms with E-state index < -0.39 is 5.60 Å². The van der Waals surface area contributed by atoms with Crippen LogP contribution in [0.4, 0.5) is 0 Å². The van der Waals surface area contributed by atoms with Crippen molar-refractivity contribution in [2.45, 2.75) is 70.4 Å². The van der Waals surface area contributed by atoms with E-state index in [9.17, 15) is 4.79 Å². The van der Waals surface area contributed by atoms with E-state index in [1.807, 2.05) is 0 Å². The number of hydrogen-bond acceptors (Lipinski definition) is 2. The van der Waals surface area contributed by atoms with Gasteiger partial charge in [-0.2, -0.15) is 0 Å². The molecule has 4 unspecified atom stereocenters. The maximum Gasteiger partial charge on any atom is 0.253 e. The lowest BCUT2D eigenvalue weighted by Crippen LogP contribution is -2.56. The third kappa shape index (κ3) is 1.22. The number of hydrogen-bond donors (Lipinski definition) is 1. The van der Waals surface area contributed by atoms with Crippen LogP contribution >= 0.6 is 0 Å². The number of nitrogens with one attached hydrogen (secondary N) is 1. The van der Waals surface area contributed by atoms with Gasteiger partial charge in [-0.3, -0.25) is 4.79 Å². The van der Waals surface area contributed by atoms with E-state index in [0.29, 0.717) is 12.0 Å². The zero-order valence-corrected chi connectivity index (χ0v) is 12.1. The molecule has 0 aromatic heterocycles. The summed E-state index contributed by atoms with van der Waals surface area (Å²) < 4.78 is 6.14. The monoisotopic (exact) mass is 263 g/mol. The molecule has 0 spiro atoms. The third-order valence-electron chi connectivity index (χ3n) is 7.26. The fourth-order valence-electron chi connectivity index (χ4n) is 5.63. The van der Waals surface area contributed by atoms with E-state index in [1.165, 1.54) is 19.3 Å². The summed E-state index contributed by atoms with van der Waals surface area (Å²) in [6.45, 7) is 5.44. The molecule has 1 N–H and O–H groups in total. The number of amides is 1. The zero-order valence-electron chi connectivity index (χ0n) is 12.1. The summed E-state index contributed by atoms with van der Waals surface area (Å²) in [5.74, 6) is 0.897. The molecule has 1 aliphatic heterocycles. The molecule has 1 heterocycles. The van der Waals surface area contributed by atoms with Gasteiger partial charge in [-0.25, -0.2) is 0 Å². The van der Waals surface area contributed by atoms with Crippen molar-refractivity contribution in [1.82, 2.24) is 5.32 Å². The van der Waals surface area contributed by atoms with Crippen LogP contribution in [0.5, 0.6) is 0 Å². The fraction of sp³-hybridized carbons (Fsp3) is 0.938. The highest BCUT2D eigenvalue weighted by molar-refractivity contribution is 5.88. The molecule has 4 rings (SSSR count). The Morgan fingerprint density at radius 2 is 1.95 bits per heavy atom. The van der Waals surface area contributed by atoms with Crippen molar-refractivity contribution in [3.05, 3.63) is 0 Å². The van der Waals surface area contributed by atoms with E-state index in [-0.39, 0.29) is 16.7 Å². The second kappa shape index (κ2) is 3.55. The van der Waals surface area contributed by atoms with Gasteiger partial charge >= 0.3 is 0 Å². The summed E-state index contributed by atoms with van der Waals surface area (Å²) in [6.07, 6.45) is 8.23. The van der Waals surface area contributed by atoms with Crippen molar-refractivity contribution < 1.29 is 9.53 Å². The predicted molar refractivity (Wildman–Crippen MR) is 72.6 cm³/mol. The molecule has 3 heteroatoms. The lowest BCUT2D eigenvalue weighted by Gasteiger charge is -2.40. The lowest BCUT2D eigenvalue weighted by molar-refractivity contribution is -0.156. The van der Waals surface area contributed by atoms with Gasteiger partial charge in [0.2, 0.25) is 0 Å². The highest BCUT2D eigenvalue weighted by atomic mass is 16.5. The number of rotatable bonds is 2. The molecule has 0 radical (unpaired) electrons. The third-order valence-corrected chi connectivity index (χ3v) is 7.26. The highest BCUT2D eigenvalue weighted by Crippen LogP contribution is 2.75.